The molecule has 2 aliphatic rings. The number of nitrogens with zero attached hydrogens (tertiary/aromatic N) is 1. The van der Waals surface area contributed by atoms with Crippen LogP contribution < -0.4 is 15.5 Å². The monoisotopic (exact) mass is 465 g/mol. The number of benzene rings is 1. The normalized spacial score (nSPS) is 21.5. The quantitative estimate of drug-likeness (QED) is 0.688. The second-order valence-electron chi connectivity index (χ2n) is 7.22. The van der Waals surface area contributed by atoms with Gasteiger partial charge in [-0.2, -0.15) is 0 Å². The predicted molar refractivity (Wildman–Crippen MR) is 117 cm³/mol. The SMILES string of the molecule is CC(CC(=O)NC1CCN(c2ccccc2Br)C1)C1CCNCC1.Cl.Cl. The first-order chi connectivity index (χ1) is 11.6. The van der Waals surface area contributed by atoms with Crippen molar-refractivity contribution in [2.24, 2.45) is 11.8 Å². The lowest BCUT2D eigenvalue weighted by Gasteiger charge is -2.28. The molecule has 2 saturated heterocycles. The van der Waals surface area contributed by atoms with E-state index in [1.807, 2.05) is 6.07 Å². The van der Waals surface area contributed by atoms with Crippen LogP contribution in [0.3, 0.4) is 0 Å². The molecular weight excluding hydrogens is 437 g/mol. The minimum Gasteiger partial charge on any atom is -0.368 e. The Hall–Kier alpha value is -0.490. The van der Waals surface area contributed by atoms with E-state index in [0.29, 0.717) is 18.3 Å². The molecule has 1 aromatic rings. The first-order valence-corrected chi connectivity index (χ1v) is 9.92. The first-order valence-electron chi connectivity index (χ1n) is 9.13. The summed E-state index contributed by atoms with van der Waals surface area (Å²) >= 11 is 3.62. The molecule has 7 heteroatoms. The molecule has 2 aliphatic heterocycles. The molecule has 0 saturated carbocycles. The van der Waals surface area contributed by atoms with E-state index in [2.05, 4.69) is 56.6 Å². The molecule has 0 radical (unpaired) electrons. The molecule has 0 spiro atoms. The van der Waals surface area contributed by atoms with Crippen LogP contribution >= 0.6 is 40.7 Å². The Morgan fingerprint density at radius 1 is 1.27 bits per heavy atom. The second kappa shape index (κ2) is 11.4. The van der Waals surface area contributed by atoms with E-state index >= 15 is 0 Å². The second-order valence-corrected chi connectivity index (χ2v) is 8.07. The summed E-state index contributed by atoms with van der Waals surface area (Å²) in [6.45, 7) is 6.32. The number of hydrogen-bond donors (Lipinski definition) is 2. The van der Waals surface area contributed by atoms with E-state index in [-0.39, 0.29) is 36.8 Å². The van der Waals surface area contributed by atoms with Crippen LogP contribution in [0.5, 0.6) is 0 Å². The fourth-order valence-electron chi connectivity index (χ4n) is 3.96. The third kappa shape index (κ3) is 6.29. The third-order valence-corrected chi connectivity index (χ3v) is 6.11. The van der Waals surface area contributed by atoms with Crippen molar-refractivity contribution in [3.8, 4) is 0 Å². The summed E-state index contributed by atoms with van der Waals surface area (Å²) in [5.41, 5.74) is 1.22. The smallest absolute Gasteiger partial charge is 0.220 e. The molecular formula is C19H30BrCl2N3O. The Bertz CT molecular complexity index is 569. The summed E-state index contributed by atoms with van der Waals surface area (Å²) in [6, 6.07) is 8.57. The van der Waals surface area contributed by atoms with Crippen LogP contribution in [0.4, 0.5) is 5.69 Å². The number of halogens is 3. The number of anilines is 1. The minimum absolute atomic E-state index is 0. The average molecular weight is 467 g/mol. The van der Waals surface area contributed by atoms with Gasteiger partial charge >= 0.3 is 0 Å². The van der Waals surface area contributed by atoms with Gasteiger partial charge in [-0.05, 0) is 72.3 Å². The molecule has 0 bridgehead atoms. The topological polar surface area (TPSA) is 44.4 Å². The zero-order valence-corrected chi connectivity index (χ0v) is 18.5. The first kappa shape index (κ1) is 23.5. The lowest BCUT2D eigenvalue weighted by atomic mass is 9.84. The van der Waals surface area contributed by atoms with E-state index in [0.717, 1.165) is 37.1 Å². The molecule has 2 N–H and O–H groups in total. The van der Waals surface area contributed by atoms with E-state index in [1.165, 1.54) is 18.5 Å². The molecule has 148 valence electrons. The number of piperidine rings is 1. The van der Waals surface area contributed by atoms with E-state index in [4.69, 9.17) is 0 Å². The van der Waals surface area contributed by atoms with Gasteiger partial charge in [0.1, 0.15) is 0 Å². The standard InChI is InChI=1S/C19H28BrN3O.2ClH/c1-14(15-6-9-21-10-7-15)12-19(24)22-16-8-11-23(13-16)18-5-3-2-4-17(18)20;;/h2-5,14-16,21H,6-13H2,1H3,(H,22,24);2*1H. The molecule has 1 amide bonds. The maximum absolute atomic E-state index is 12.4. The van der Waals surface area contributed by atoms with Crippen LogP contribution in [0.25, 0.3) is 0 Å². The van der Waals surface area contributed by atoms with Crippen molar-refractivity contribution >= 4 is 52.3 Å². The summed E-state index contributed by atoms with van der Waals surface area (Å²) in [5, 5.41) is 6.65. The van der Waals surface area contributed by atoms with Gasteiger partial charge in [-0.3, -0.25) is 4.79 Å². The highest BCUT2D eigenvalue weighted by molar-refractivity contribution is 9.10. The maximum Gasteiger partial charge on any atom is 0.220 e. The maximum atomic E-state index is 12.4. The van der Waals surface area contributed by atoms with Crippen molar-refractivity contribution in [2.75, 3.05) is 31.1 Å². The number of rotatable bonds is 5. The summed E-state index contributed by atoms with van der Waals surface area (Å²) in [5.74, 6) is 1.39. The highest BCUT2D eigenvalue weighted by Crippen LogP contribution is 2.29. The van der Waals surface area contributed by atoms with E-state index in [9.17, 15) is 4.79 Å². The number of carbonyl (C=O) groups is 1. The van der Waals surface area contributed by atoms with Crippen LogP contribution in [-0.4, -0.2) is 38.1 Å². The van der Waals surface area contributed by atoms with Crippen molar-refractivity contribution in [3.63, 3.8) is 0 Å². The van der Waals surface area contributed by atoms with E-state index < -0.39 is 0 Å². The number of para-hydroxylation sites is 1. The molecule has 2 heterocycles. The molecule has 2 fully saturated rings. The Kier molecular flexibility index (Phi) is 10.3. The van der Waals surface area contributed by atoms with Crippen LogP contribution in [0.1, 0.15) is 32.6 Å². The largest absolute Gasteiger partial charge is 0.368 e. The minimum atomic E-state index is 0. The highest BCUT2D eigenvalue weighted by atomic mass is 79.9. The Morgan fingerprint density at radius 2 is 1.96 bits per heavy atom. The van der Waals surface area contributed by atoms with Gasteiger partial charge in [0.15, 0.2) is 0 Å². The summed E-state index contributed by atoms with van der Waals surface area (Å²) in [7, 11) is 0. The van der Waals surface area contributed by atoms with Gasteiger partial charge in [0.25, 0.3) is 0 Å². The van der Waals surface area contributed by atoms with Crippen LogP contribution in [0, 0.1) is 11.8 Å². The lowest BCUT2D eigenvalue weighted by molar-refractivity contribution is -0.122. The number of carbonyl (C=O) groups excluding carboxylic acids is 1. The van der Waals surface area contributed by atoms with Crippen molar-refractivity contribution in [1.29, 1.82) is 0 Å². The predicted octanol–water partition coefficient (Wildman–Crippen LogP) is 4.01. The van der Waals surface area contributed by atoms with Gasteiger partial charge in [-0.1, -0.05) is 19.1 Å². The number of amides is 1. The molecule has 4 nitrogen and oxygen atoms in total. The van der Waals surface area contributed by atoms with Gasteiger partial charge in [-0.15, -0.1) is 24.8 Å². The molecule has 0 aromatic heterocycles. The highest BCUT2D eigenvalue weighted by Gasteiger charge is 2.27. The number of nitrogens with one attached hydrogen (secondary N) is 2. The van der Waals surface area contributed by atoms with Crippen LogP contribution in [0.2, 0.25) is 0 Å². The van der Waals surface area contributed by atoms with Crippen LogP contribution in [0.15, 0.2) is 28.7 Å². The fraction of sp³-hybridized carbons (Fsp3) is 0.632. The Balaban J connectivity index is 0.00000169. The van der Waals surface area contributed by atoms with Crippen LogP contribution in [-0.2, 0) is 4.79 Å². The zero-order valence-electron chi connectivity index (χ0n) is 15.2. The van der Waals surface area contributed by atoms with Crippen molar-refractivity contribution < 1.29 is 4.79 Å². The van der Waals surface area contributed by atoms with Crippen molar-refractivity contribution in [3.05, 3.63) is 28.7 Å². The van der Waals surface area contributed by atoms with Gasteiger partial charge in [0.05, 0.1) is 5.69 Å². The summed E-state index contributed by atoms with van der Waals surface area (Å²) in [4.78, 5) is 14.8. The average Bonchev–Trinajstić information content (AvgIpc) is 3.04. The van der Waals surface area contributed by atoms with Gasteiger partial charge in [0, 0.05) is 30.0 Å². The van der Waals surface area contributed by atoms with Gasteiger partial charge in [0.2, 0.25) is 5.91 Å². The fourth-order valence-corrected chi connectivity index (χ4v) is 4.50. The van der Waals surface area contributed by atoms with Crippen molar-refractivity contribution in [2.45, 2.75) is 38.6 Å². The van der Waals surface area contributed by atoms with Crippen molar-refractivity contribution in [1.82, 2.24) is 10.6 Å². The molecule has 1 aromatic carbocycles. The Morgan fingerprint density at radius 3 is 2.65 bits per heavy atom. The lowest BCUT2D eigenvalue weighted by Crippen LogP contribution is -2.39. The third-order valence-electron chi connectivity index (χ3n) is 5.44. The summed E-state index contributed by atoms with van der Waals surface area (Å²) in [6.07, 6.45) is 4.09. The zero-order chi connectivity index (χ0) is 16.9. The molecule has 2 atom stereocenters. The van der Waals surface area contributed by atoms with E-state index in [1.54, 1.807) is 0 Å². The molecule has 26 heavy (non-hydrogen) atoms. The molecule has 3 rings (SSSR count). The number of hydrogen-bond acceptors (Lipinski definition) is 3. The molecule has 0 aliphatic carbocycles. The molecule has 2 unspecified atom stereocenters. The van der Waals surface area contributed by atoms with Gasteiger partial charge < -0.3 is 15.5 Å². The summed E-state index contributed by atoms with van der Waals surface area (Å²) < 4.78 is 1.12. The Labute approximate surface area is 177 Å². The van der Waals surface area contributed by atoms with Gasteiger partial charge in [-0.25, -0.2) is 0 Å².